The molecule has 0 saturated heterocycles. The van der Waals surface area contributed by atoms with Crippen LogP contribution >= 0.6 is 6.89 Å². The van der Waals surface area contributed by atoms with Crippen LogP contribution in [0.3, 0.4) is 0 Å². The summed E-state index contributed by atoms with van der Waals surface area (Å²) in [5, 5.41) is 3.29. The first kappa shape index (κ1) is 31.6. The molecule has 3 aromatic carbocycles. The molecular formula is C36H47O3P. The van der Waals surface area contributed by atoms with E-state index in [-0.39, 0.29) is 11.7 Å². The minimum atomic E-state index is -2.90. The molecule has 3 aromatic rings. The van der Waals surface area contributed by atoms with E-state index in [0.717, 1.165) is 67.3 Å². The Kier molecular flexibility index (Phi) is 12.0. The molecule has 0 fully saturated rings. The summed E-state index contributed by atoms with van der Waals surface area (Å²) in [6.07, 6.45) is 7.89. The van der Waals surface area contributed by atoms with Crippen LogP contribution in [0, 0.1) is 5.92 Å². The van der Waals surface area contributed by atoms with Gasteiger partial charge in [-0.15, -0.1) is 0 Å². The lowest BCUT2D eigenvalue weighted by Gasteiger charge is -2.33. The predicted octanol–water partition coefficient (Wildman–Crippen LogP) is 7.84. The number of unbranched alkanes of at least 4 members (excludes halogenated alkanes) is 4. The van der Waals surface area contributed by atoms with E-state index in [9.17, 15) is 4.79 Å². The van der Waals surface area contributed by atoms with Crippen LogP contribution < -0.4 is 15.9 Å². The average Bonchev–Trinajstić information content (AvgIpc) is 2.95. The molecule has 0 spiro atoms. The Morgan fingerprint density at radius 2 is 1.02 bits per heavy atom. The van der Waals surface area contributed by atoms with Gasteiger partial charge >= 0.3 is 5.97 Å². The fraction of sp³-hybridized carbons (Fsp3) is 0.417. The van der Waals surface area contributed by atoms with E-state index in [1.54, 1.807) is 0 Å². The Bertz CT molecular complexity index is 1140. The Balaban J connectivity index is 2.48. The van der Waals surface area contributed by atoms with Crippen molar-refractivity contribution < 1.29 is 14.3 Å². The molecule has 0 N–H and O–H groups in total. The number of ketones is 1. The molecule has 0 unspecified atom stereocenters. The summed E-state index contributed by atoms with van der Waals surface area (Å²) in [6, 6.07) is 30.5. The summed E-state index contributed by atoms with van der Waals surface area (Å²) in [6.45, 7) is 7.09. The van der Waals surface area contributed by atoms with Gasteiger partial charge < -0.3 is 4.74 Å². The van der Waals surface area contributed by atoms with E-state index in [4.69, 9.17) is 4.74 Å². The molecule has 0 atom stereocenters. The molecule has 0 aliphatic carbocycles. The number of benzene rings is 3. The van der Waals surface area contributed by atoms with E-state index in [0.29, 0.717) is 5.29 Å². The summed E-state index contributed by atoms with van der Waals surface area (Å²) < 4.78 is 6.12. The molecule has 0 saturated carbocycles. The number of hydrogen-bond donors (Lipinski definition) is 0. The van der Waals surface area contributed by atoms with Gasteiger partial charge in [-0.25, -0.2) is 4.79 Å². The van der Waals surface area contributed by atoms with Crippen LogP contribution in [-0.2, 0) is 14.3 Å². The topological polar surface area (TPSA) is 43.4 Å². The maximum Gasteiger partial charge on any atom is 0.343 e. The van der Waals surface area contributed by atoms with Crippen LogP contribution in [0.1, 0.15) is 86.0 Å². The average molecular weight is 559 g/mol. The largest absolute Gasteiger partial charge is 0.456 e. The van der Waals surface area contributed by atoms with Gasteiger partial charge in [-0.2, -0.15) is 0 Å². The third-order valence-electron chi connectivity index (χ3n) is 7.27. The van der Waals surface area contributed by atoms with Crippen LogP contribution in [-0.4, -0.2) is 22.6 Å². The summed E-state index contributed by atoms with van der Waals surface area (Å²) >= 11 is 0. The fourth-order valence-corrected chi connectivity index (χ4v) is 9.76. The summed E-state index contributed by atoms with van der Waals surface area (Å²) in [5.41, 5.74) is -0.734. The number of hydrogen-bond acceptors (Lipinski definition) is 3. The Hall–Kier alpha value is -2.90. The molecule has 0 amide bonds. The molecule has 0 heterocycles. The quantitative estimate of drug-likeness (QED) is 0.0876. The van der Waals surface area contributed by atoms with E-state index in [2.05, 4.69) is 50.2 Å². The number of Topliss-reactive ketones (excluding diaryl/α,β-unsaturated/α-hetero) is 1. The molecule has 0 aromatic heterocycles. The van der Waals surface area contributed by atoms with Crippen molar-refractivity contribution >= 4 is 39.8 Å². The molecule has 214 valence electrons. The highest BCUT2D eigenvalue weighted by Gasteiger charge is 2.40. The Labute approximate surface area is 242 Å². The van der Waals surface area contributed by atoms with Gasteiger partial charge in [0.1, 0.15) is 10.9 Å². The molecule has 40 heavy (non-hydrogen) atoms. The first-order valence-electron chi connectivity index (χ1n) is 15.0. The van der Waals surface area contributed by atoms with Gasteiger partial charge in [-0.05, 0) is 56.4 Å². The monoisotopic (exact) mass is 558 g/mol. The summed E-state index contributed by atoms with van der Waals surface area (Å²) in [4.78, 5) is 29.5. The highest BCUT2D eigenvalue weighted by molar-refractivity contribution is 7.97. The summed E-state index contributed by atoms with van der Waals surface area (Å²) in [5.74, 6) is -0.735. The number of esters is 1. The smallest absolute Gasteiger partial charge is 0.343 e. The van der Waals surface area contributed by atoms with Crippen LogP contribution in [0.4, 0.5) is 0 Å². The van der Waals surface area contributed by atoms with Gasteiger partial charge in [0.15, 0.2) is 5.78 Å². The highest BCUT2D eigenvalue weighted by atomic mass is 31.2. The SMILES string of the molecule is CCCCCC(CCCCC)C(=O)C(C(=O)OC(C)(C)C)=P(c1ccccc1)(c1ccccc1)c1ccccc1. The van der Waals surface area contributed by atoms with Crippen molar-refractivity contribution in [3.63, 3.8) is 0 Å². The Morgan fingerprint density at radius 3 is 1.35 bits per heavy atom. The zero-order valence-corrected chi connectivity index (χ0v) is 26.0. The third kappa shape index (κ3) is 7.85. The molecule has 0 aliphatic heterocycles. The molecule has 3 nitrogen and oxygen atoms in total. The zero-order chi connectivity index (χ0) is 29.0. The molecule has 3 rings (SSSR count). The van der Waals surface area contributed by atoms with Gasteiger partial charge in [0.25, 0.3) is 0 Å². The van der Waals surface area contributed by atoms with E-state index < -0.39 is 18.5 Å². The Morgan fingerprint density at radius 1 is 0.650 bits per heavy atom. The molecular weight excluding hydrogens is 511 g/mol. The van der Waals surface area contributed by atoms with Gasteiger partial charge in [0.05, 0.1) is 0 Å². The maximum absolute atomic E-state index is 15.0. The highest BCUT2D eigenvalue weighted by Crippen LogP contribution is 2.47. The van der Waals surface area contributed by atoms with Crippen LogP contribution in [0.25, 0.3) is 0 Å². The molecule has 0 bridgehead atoms. The van der Waals surface area contributed by atoms with Gasteiger partial charge in [-0.3, -0.25) is 4.79 Å². The van der Waals surface area contributed by atoms with Gasteiger partial charge in [0.2, 0.25) is 0 Å². The van der Waals surface area contributed by atoms with Crippen molar-refractivity contribution in [2.45, 2.75) is 91.6 Å². The third-order valence-corrected chi connectivity index (χ3v) is 11.6. The van der Waals surface area contributed by atoms with Gasteiger partial charge in [0, 0.05) is 5.92 Å². The minimum absolute atomic E-state index is 0.0358. The molecule has 4 heteroatoms. The second kappa shape index (κ2) is 15.2. The van der Waals surface area contributed by atoms with E-state index >= 15 is 4.79 Å². The predicted molar refractivity (Wildman–Crippen MR) is 173 cm³/mol. The summed E-state index contributed by atoms with van der Waals surface area (Å²) in [7, 11) is 0. The fourth-order valence-electron chi connectivity index (χ4n) is 5.40. The van der Waals surface area contributed by atoms with E-state index in [1.165, 1.54) is 0 Å². The van der Waals surface area contributed by atoms with Crippen molar-refractivity contribution in [2.24, 2.45) is 5.92 Å². The maximum atomic E-state index is 15.0. The first-order chi connectivity index (χ1) is 19.3. The lowest BCUT2D eigenvalue weighted by Crippen LogP contribution is -2.42. The second-order valence-corrected chi connectivity index (χ2v) is 14.9. The number of rotatable bonds is 14. The van der Waals surface area contributed by atoms with E-state index in [1.807, 2.05) is 75.4 Å². The lowest BCUT2D eigenvalue weighted by molar-refractivity contribution is -0.146. The van der Waals surface area contributed by atoms with Crippen molar-refractivity contribution in [3.05, 3.63) is 91.0 Å². The first-order valence-corrected chi connectivity index (χ1v) is 16.8. The minimum Gasteiger partial charge on any atom is -0.456 e. The molecule has 0 radical (unpaired) electrons. The van der Waals surface area contributed by atoms with Crippen molar-refractivity contribution in [1.82, 2.24) is 0 Å². The second-order valence-electron chi connectivity index (χ2n) is 11.6. The number of carbonyl (C=O) groups excluding carboxylic acids is 2. The van der Waals surface area contributed by atoms with Crippen LogP contribution in [0.15, 0.2) is 91.0 Å². The molecule has 0 aliphatic rings. The number of carbonyl (C=O) groups is 2. The van der Waals surface area contributed by atoms with Crippen LogP contribution in [0.2, 0.25) is 0 Å². The normalized spacial score (nSPS) is 11.8. The lowest BCUT2D eigenvalue weighted by atomic mass is 9.89. The van der Waals surface area contributed by atoms with Gasteiger partial charge in [-0.1, -0.05) is 143 Å². The van der Waals surface area contributed by atoms with Crippen molar-refractivity contribution in [3.8, 4) is 0 Å². The standard InChI is InChI=1S/C36H47O3P/c1-6-8-13-21-29(22-14-9-7-2)33(37)34(35(38)39-36(3,4)5)40(30-23-15-10-16-24-30,31-25-17-11-18-26-31)32-27-19-12-20-28-32/h10-12,15-20,23-29H,6-9,13-14,21-22H2,1-5H3. The van der Waals surface area contributed by atoms with Crippen LogP contribution in [0.5, 0.6) is 0 Å². The van der Waals surface area contributed by atoms with Crippen molar-refractivity contribution in [1.29, 1.82) is 0 Å². The zero-order valence-electron chi connectivity index (χ0n) is 25.1. The number of ether oxygens (including phenoxy) is 1. The van der Waals surface area contributed by atoms with Crippen molar-refractivity contribution in [2.75, 3.05) is 0 Å².